The van der Waals surface area contributed by atoms with Crippen molar-refractivity contribution >= 4 is 5.82 Å². The molecule has 2 saturated carbocycles. The Hall–Kier alpha value is -1.75. The minimum absolute atomic E-state index is 0.101. The first-order valence-corrected chi connectivity index (χ1v) is 9.36. The van der Waals surface area contributed by atoms with Gasteiger partial charge in [-0.1, -0.05) is 13.8 Å². The zero-order valence-corrected chi connectivity index (χ0v) is 15.3. The Morgan fingerprint density at radius 2 is 2.12 bits per heavy atom. The lowest BCUT2D eigenvalue weighted by Gasteiger charge is -2.46. The molecule has 0 aromatic carbocycles. The summed E-state index contributed by atoms with van der Waals surface area (Å²) < 4.78 is 5.90. The molecule has 0 unspecified atom stereocenters. The molecule has 25 heavy (non-hydrogen) atoms. The van der Waals surface area contributed by atoms with Gasteiger partial charge in [0.2, 0.25) is 0 Å². The molecule has 4 rings (SSSR count). The van der Waals surface area contributed by atoms with E-state index in [0.29, 0.717) is 25.4 Å². The van der Waals surface area contributed by atoms with Gasteiger partial charge >= 0.3 is 0 Å². The van der Waals surface area contributed by atoms with Crippen LogP contribution in [0.4, 0.5) is 5.82 Å². The van der Waals surface area contributed by atoms with Gasteiger partial charge < -0.3 is 19.8 Å². The molecule has 1 spiro atoms. The smallest absolute Gasteiger partial charge is 0.138 e. The van der Waals surface area contributed by atoms with Gasteiger partial charge in [0, 0.05) is 17.0 Å². The van der Waals surface area contributed by atoms with Crippen molar-refractivity contribution in [3.8, 4) is 5.75 Å². The molecule has 0 atom stereocenters. The summed E-state index contributed by atoms with van der Waals surface area (Å²) in [6.45, 7) is 6.94. The first kappa shape index (κ1) is 16.7. The SMILES string of the molecule is CC(C)CCOc1cnc2c(c1)C1(CC1)/C(=C/O)N2C1CC(C)(O)C1. The highest BCUT2D eigenvalue weighted by atomic mass is 16.5. The molecule has 2 aliphatic carbocycles. The van der Waals surface area contributed by atoms with Crippen LogP contribution in [0.2, 0.25) is 0 Å². The topological polar surface area (TPSA) is 65.8 Å². The Bertz CT molecular complexity index is 699. The fourth-order valence-electron chi connectivity index (χ4n) is 4.30. The summed E-state index contributed by atoms with van der Waals surface area (Å²) in [5, 5.41) is 20.1. The standard InChI is InChI=1S/C20H28N2O3/c1-13(2)4-7-25-15-8-16-18(21-11-15)22(14-9-19(3,24)10-14)17(12-23)20(16)5-6-20/h8,11-14,23-24H,4-7,9-10H2,1-3H3/b17-12-. The number of nitrogens with zero attached hydrogens (tertiary/aromatic N) is 2. The number of anilines is 1. The van der Waals surface area contributed by atoms with E-state index in [1.807, 2.05) is 6.92 Å². The van der Waals surface area contributed by atoms with Gasteiger partial charge in [0.05, 0.1) is 30.4 Å². The molecule has 2 heterocycles. The van der Waals surface area contributed by atoms with Crippen molar-refractivity contribution in [1.29, 1.82) is 0 Å². The number of aromatic nitrogens is 1. The van der Waals surface area contributed by atoms with Crippen LogP contribution < -0.4 is 9.64 Å². The highest BCUT2D eigenvalue weighted by Gasteiger charge is 2.60. The Kier molecular flexibility index (Phi) is 3.76. The summed E-state index contributed by atoms with van der Waals surface area (Å²) in [6.07, 6.45) is 7.53. The van der Waals surface area contributed by atoms with Crippen molar-refractivity contribution in [3.63, 3.8) is 0 Å². The second-order valence-electron chi connectivity index (χ2n) is 8.60. The number of pyridine rings is 1. The summed E-state index contributed by atoms with van der Waals surface area (Å²) >= 11 is 0. The van der Waals surface area contributed by atoms with Crippen LogP contribution >= 0.6 is 0 Å². The quantitative estimate of drug-likeness (QED) is 0.798. The average Bonchev–Trinajstić information content (AvgIpc) is 3.26. The first-order chi connectivity index (χ1) is 11.9. The van der Waals surface area contributed by atoms with Gasteiger partial charge in [0.15, 0.2) is 0 Å². The molecule has 1 aliphatic heterocycles. The number of hydrogen-bond donors (Lipinski definition) is 2. The van der Waals surface area contributed by atoms with E-state index in [-0.39, 0.29) is 11.5 Å². The number of aliphatic hydroxyl groups is 2. The second kappa shape index (κ2) is 5.63. The maximum absolute atomic E-state index is 10.1. The molecule has 1 aromatic heterocycles. The third-order valence-corrected chi connectivity index (χ3v) is 5.89. The minimum atomic E-state index is -0.607. The molecular weight excluding hydrogens is 316 g/mol. The Morgan fingerprint density at radius 1 is 1.40 bits per heavy atom. The van der Waals surface area contributed by atoms with Crippen molar-refractivity contribution in [1.82, 2.24) is 4.98 Å². The van der Waals surface area contributed by atoms with E-state index < -0.39 is 5.60 Å². The third kappa shape index (κ3) is 2.69. The lowest BCUT2D eigenvalue weighted by atomic mass is 9.76. The molecule has 0 radical (unpaired) electrons. The van der Waals surface area contributed by atoms with E-state index in [1.54, 1.807) is 6.20 Å². The fraction of sp³-hybridized carbons (Fsp3) is 0.650. The summed E-state index contributed by atoms with van der Waals surface area (Å²) in [5.74, 6) is 2.35. The van der Waals surface area contributed by atoms with Crippen molar-refractivity contribution < 1.29 is 14.9 Å². The van der Waals surface area contributed by atoms with Gasteiger partial charge in [0.1, 0.15) is 11.6 Å². The van der Waals surface area contributed by atoms with Gasteiger partial charge in [-0.15, -0.1) is 0 Å². The van der Waals surface area contributed by atoms with Gasteiger partial charge in [0.25, 0.3) is 0 Å². The fourth-order valence-corrected chi connectivity index (χ4v) is 4.30. The Balaban J connectivity index is 1.61. The van der Waals surface area contributed by atoms with E-state index in [2.05, 4.69) is 24.8 Å². The van der Waals surface area contributed by atoms with Crippen molar-refractivity contribution in [2.75, 3.05) is 11.5 Å². The van der Waals surface area contributed by atoms with Crippen LogP contribution in [-0.4, -0.2) is 33.4 Å². The van der Waals surface area contributed by atoms with E-state index in [9.17, 15) is 10.2 Å². The Morgan fingerprint density at radius 3 is 2.68 bits per heavy atom. The maximum atomic E-state index is 10.1. The van der Waals surface area contributed by atoms with Crippen molar-refractivity contribution in [2.45, 2.75) is 69.9 Å². The average molecular weight is 344 g/mol. The van der Waals surface area contributed by atoms with Gasteiger partial charge in [-0.2, -0.15) is 0 Å². The number of hydrogen-bond acceptors (Lipinski definition) is 5. The van der Waals surface area contributed by atoms with Crippen LogP contribution in [0.15, 0.2) is 24.2 Å². The van der Waals surface area contributed by atoms with E-state index in [1.165, 1.54) is 11.8 Å². The monoisotopic (exact) mass is 344 g/mol. The van der Waals surface area contributed by atoms with Crippen LogP contribution in [0, 0.1) is 5.92 Å². The van der Waals surface area contributed by atoms with Gasteiger partial charge in [-0.3, -0.25) is 0 Å². The van der Waals surface area contributed by atoms with Crippen LogP contribution in [0.3, 0.4) is 0 Å². The second-order valence-corrected chi connectivity index (χ2v) is 8.60. The molecule has 5 nitrogen and oxygen atoms in total. The molecule has 136 valence electrons. The number of ether oxygens (including phenoxy) is 1. The predicted octanol–water partition coefficient (Wildman–Crippen LogP) is 3.67. The molecule has 5 heteroatoms. The zero-order chi connectivity index (χ0) is 17.8. The summed E-state index contributed by atoms with van der Waals surface area (Å²) in [4.78, 5) is 6.84. The number of allylic oxidation sites excluding steroid dienone is 1. The van der Waals surface area contributed by atoms with Crippen LogP contribution in [0.25, 0.3) is 0 Å². The predicted molar refractivity (Wildman–Crippen MR) is 96.9 cm³/mol. The van der Waals surface area contributed by atoms with Gasteiger partial charge in [-0.25, -0.2) is 4.98 Å². The van der Waals surface area contributed by atoms with Crippen LogP contribution in [0.5, 0.6) is 5.75 Å². The summed E-state index contributed by atoms with van der Waals surface area (Å²) in [5.41, 5.74) is 1.40. The molecule has 2 N–H and O–H groups in total. The minimum Gasteiger partial charge on any atom is -0.514 e. The Labute approximate surface area is 149 Å². The van der Waals surface area contributed by atoms with E-state index in [0.717, 1.165) is 36.5 Å². The summed E-state index contributed by atoms with van der Waals surface area (Å²) in [7, 11) is 0. The molecule has 0 saturated heterocycles. The zero-order valence-electron chi connectivity index (χ0n) is 15.3. The summed E-state index contributed by atoms with van der Waals surface area (Å²) in [6, 6.07) is 2.31. The van der Waals surface area contributed by atoms with E-state index >= 15 is 0 Å². The van der Waals surface area contributed by atoms with Crippen molar-refractivity contribution in [2.24, 2.45) is 5.92 Å². The molecule has 0 bridgehead atoms. The normalized spacial score (nSPS) is 30.7. The largest absolute Gasteiger partial charge is 0.514 e. The number of fused-ring (bicyclic) bond motifs is 2. The van der Waals surface area contributed by atoms with Gasteiger partial charge in [-0.05, 0) is 51.0 Å². The molecule has 0 amide bonds. The molecule has 3 aliphatic rings. The molecule has 2 fully saturated rings. The van der Waals surface area contributed by atoms with Crippen LogP contribution in [-0.2, 0) is 5.41 Å². The highest BCUT2D eigenvalue weighted by molar-refractivity contribution is 5.71. The maximum Gasteiger partial charge on any atom is 0.138 e. The first-order valence-electron chi connectivity index (χ1n) is 9.36. The third-order valence-electron chi connectivity index (χ3n) is 5.89. The lowest BCUT2D eigenvalue weighted by molar-refractivity contribution is -0.0296. The molecular formula is C20H28N2O3. The number of aliphatic hydroxyl groups excluding tert-OH is 1. The highest BCUT2D eigenvalue weighted by Crippen LogP contribution is 2.63. The van der Waals surface area contributed by atoms with Crippen LogP contribution in [0.1, 0.15) is 58.4 Å². The van der Waals surface area contributed by atoms with E-state index in [4.69, 9.17) is 9.72 Å². The molecule has 1 aromatic rings. The number of rotatable bonds is 5. The van der Waals surface area contributed by atoms with Crippen molar-refractivity contribution in [3.05, 3.63) is 29.8 Å². The lowest BCUT2D eigenvalue weighted by Crippen LogP contribution is -2.53.